The molecule has 0 heterocycles. The van der Waals surface area contributed by atoms with E-state index in [1.807, 2.05) is 32.0 Å². The number of benzene rings is 2. The second-order valence-corrected chi connectivity index (χ2v) is 6.27. The summed E-state index contributed by atoms with van der Waals surface area (Å²) in [5.41, 5.74) is 9.77. The number of nitrogen functional groups attached to an aromatic ring is 1. The summed E-state index contributed by atoms with van der Waals surface area (Å²) in [6.45, 7) is 3.93. The highest BCUT2D eigenvalue weighted by atomic mass is 79.9. The number of nitrogens with one attached hydrogen (secondary N) is 1. The highest BCUT2D eigenvalue weighted by Gasteiger charge is 2.14. The molecule has 0 aromatic heterocycles. The predicted octanol–water partition coefficient (Wildman–Crippen LogP) is 4.66. The second kappa shape index (κ2) is 5.97. The number of hydrogen-bond acceptors (Lipinski definition) is 2. The maximum absolute atomic E-state index is 12.4. The molecule has 0 bridgehead atoms. The summed E-state index contributed by atoms with van der Waals surface area (Å²) in [5.74, 6) is -0.141. The normalized spacial score (nSPS) is 10.4. The van der Waals surface area contributed by atoms with Gasteiger partial charge in [0, 0.05) is 20.2 Å². The molecule has 5 heteroatoms. The fraction of sp³-hybridized carbons (Fsp3) is 0.133. The summed E-state index contributed by atoms with van der Waals surface area (Å²) in [6.07, 6.45) is 0. The number of carbonyl (C=O) groups is 1. The Balaban J connectivity index is 2.36. The molecule has 0 spiro atoms. The van der Waals surface area contributed by atoms with Crippen molar-refractivity contribution in [3.63, 3.8) is 0 Å². The molecule has 0 aliphatic heterocycles. The van der Waals surface area contributed by atoms with Crippen molar-refractivity contribution in [1.82, 2.24) is 0 Å². The van der Waals surface area contributed by atoms with Crippen LogP contribution in [-0.2, 0) is 0 Å². The van der Waals surface area contributed by atoms with Crippen LogP contribution >= 0.6 is 31.9 Å². The summed E-state index contributed by atoms with van der Waals surface area (Å²) < 4.78 is 1.48. The van der Waals surface area contributed by atoms with Crippen LogP contribution in [0.2, 0.25) is 0 Å². The molecule has 0 fully saturated rings. The van der Waals surface area contributed by atoms with Crippen LogP contribution in [0.1, 0.15) is 21.5 Å². The SMILES string of the molecule is Cc1cccc(C(=O)Nc2c(Br)cc(N)cc2Br)c1C. The third-order valence-electron chi connectivity index (χ3n) is 3.15. The van der Waals surface area contributed by atoms with E-state index >= 15 is 0 Å². The first-order chi connectivity index (χ1) is 9.40. The molecule has 0 radical (unpaired) electrons. The Labute approximate surface area is 134 Å². The number of carbonyl (C=O) groups excluding carboxylic acids is 1. The van der Waals surface area contributed by atoms with E-state index in [4.69, 9.17) is 5.73 Å². The third-order valence-corrected chi connectivity index (χ3v) is 4.40. The highest BCUT2D eigenvalue weighted by molar-refractivity contribution is 9.11. The summed E-state index contributed by atoms with van der Waals surface area (Å²) in [4.78, 5) is 12.4. The summed E-state index contributed by atoms with van der Waals surface area (Å²) in [6, 6.07) is 9.19. The molecule has 0 unspecified atom stereocenters. The van der Waals surface area contributed by atoms with Crippen molar-refractivity contribution < 1.29 is 4.79 Å². The topological polar surface area (TPSA) is 55.1 Å². The van der Waals surface area contributed by atoms with Crippen molar-refractivity contribution in [3.8, 4) is 0 Å². The first-order valence-electron chi connectivity index (χ1n) is 6.02. The van der Waals surface area contributed by atoms with E-state index in [-0.39, 0.29) is 5.91 Å². The molecule has 0 atom stereocenters. The van der Waals surface area contributed by atoms with Crippen LogP contribution in [0.3, 0.4) is 0 Å². The van der Waals surface area contributed by atoms with Crippen LogP contribution in [0.15, 0.2) is 39.3 Å². The van der Waals surface area contributed by atoms with E-state index in [1.165, 1.54) is 0 Å². The lowest BCUT2D eigenvalue weighted by atomic mass is 10.0. The number of anilines is 2. The molecule has 3 nitrogen and oxygen atoms in total. The average Bonchev–Trinajstić information content (AvgIpc) is 2.36. The van der Waals surface area contributed by atoms with Gasteiger partial charge in [-0.25, -0.2) is 0 Å². The Hall–Kier alpha value is -1.33. The summed E-state index contributed by atoms with van der Waals surface area (Å²) in [7, 11) is 0. The molecule has 20 heavy (non-hydrogen) atoms. The average molecular weight is 398 g/mol. The van der Waals surface area contributed by atoms with E-state index < -0.39 is 0 Å². The monoisotopic (exact) mass is 396 g/mol. The number of nitrogens with two attached hydrogens (primary N) is 1. The van der Waals surface area contributed by atoms with Crippen molar-refractivity contribution in [3.05, 3.63) is 56.0 Å². The lowest BCUT2D eigenvalue weighted by Gasteiger charge is -2.13. The number of halogens is 2. The smallest absolute Gasteiger partial charge is 0.255 e. The number of aryl methyl sites for hydroxylation is 1. The van der Waals surface area contributed by atoms with Gasteiger partial charge in [0.05, 0.1) is 5.69 Å². The van der Waals surface area contributed by atoms with E-state index in [2.05, 4.69) is 37.2 Å². The minimum atomic E-state index is -0.141. The molecular formula is C15H14Br2N2O. The van der Waals surface area contributed by atoms with Crippen molar-refractivity contribution in [2.75, 3.05) is 11.1 Å². The van der Waals surface area contributed by atoms with Crippen molar-refractivity contribution in [1.29, 1.82) is 0 Å². The van der Waals surface area contributed by atoms with Gasteiger partial charge in [0.1, 0.15) is 0 Å². The van der Waals surface area contributed by atoms with Gasteiger partial charge >= 0.3 is 0 Å². The molecule has 0 saturated heterocycles. The molecule has 2 aromatic rings. The van der Waals surface area contributed by atoms with Gasteiger partial charge < -0.3 is 11.1 Å². The maximum Gasteiger partial charge on any atom is 0.255 e. The molecule has 0 aliphatic carbocycles. The van der Waals surface area contributed by atoms with Crippen molar-refractivity contribution in [2.24, 2.45) is 0 Å². The number of amides is 1. The number of hydrogen-bond donors (Lipinski definition) is 2. The molecule has 0 saturated carbocycles. The van der Waals surface area contributed by atoms with Gasteiger partial charge in [0.2, 0.25) is 0 Å². The fourth-order valence-corrected chi connectivity index (χ4v) is 3.31. The zero-order valence-corrected chi connectivity index (χ0v) is 14.3. The zero-order chi connectivity index (χ0) is 14.9. The van der Waals surface area contributed by atoms with Gasteiger partial charge in [-0.15, -0.1) is 0 Å². The first-order valence-corrected chi connectivity index (χ1v) is 7.61. The Morgan fingerprint density at radius 2 is 1.75 bits per heavy atom. The second-order valence-electron chi connectivity index (χ2n) is 4.56. The highest BCUT2D eigenvalue weighted by Crippen LogP contribution is 2.33. The van der Waals surface area contributed by atoms with E-state index in [1.54, 1.807) is 12.1 Å². The minimum absolute atomic E-state index is 0.141. The van der Waals surface area contributed by atoms with Gasteiger partial charge in [0.25, 0.3) is 5.91 Å². The Bertz CT molecular complexity index is 661. The Morgan fingerprint density at radius 1 is 1.15 bits per heavy atom. The number of rotatable bonds is 2. The van der Waals surface area contributed by atoms with E-state index in [0.717, 1.165) is 20.1 Å². The molecule has 1 amide bonds. The standard InChI is InChI=1S/C15H14Br2N2O/c1-8-4-3-5-11(9(8)2)15(20)19-14-12(16)6-10(18)7-13(14)17/h3-7H,18H2,1-2H3,(H,19,20). The van der Waals surface area contributed by atoms with Crippen molar-refractivity contribution >= 4 is 49.1 Å². The van der Waals surface area contributed by atoms with Gasteiger partial charge in [-0.2, -0.15) is 0 Å². The summed E-state index contributed by atoms with van der Waals surface area (Å²) in [5, 5.41) is 2.90. The lowest BCUT2D eigenvalue weighted by molar-refractivity contribution is 0.102. The van der Waals surface area contributed by atoms with Gasteiger partial charge in [-0.1, -0.05) is 12.1 Å². The molecule has 2 rings (SSSR count). The van der Waals surface area contributed by atoms with Crippen LogP contribution in [0.5, 0.6) is 0 Å². The Kier molecular flexibility index (Phi) is 4.50. The van der Waals surface area contributed by atoms with Crippen LogP contribution in [0.25, 0.3) is 0 Å². The third kappa shape index (κ3) is 3.04. The first kappa shape index (κ1) is 15.1. The molecule has 2 aromatic carbocycles. The minimum Gasteiger partial charge on any atom is -0.399 e. The van der Waals surface area contributed by atoms with Gasteiger partial charge in [-0.3, -0.25) is 4.79 Å². The molecule has 3 N–H and O–H groups in total. The van der Waals surface area contributed by atoms with Crippen LogP contribution in [0.4, 0.5) is 11.4 Å². The zero-order valence-electron chi connectivity index (χ0n) is 11.1. The quantitative estimate of drug-likeness (QED) is 0.723. The van der Waals surface area contributed by atoms with Crippen molar-refractivity contribution in [2.45, 2.75) is 13.8 Å². The maximum atomic E-state index is 12.4. The summed E-state index contributed by atoms with van der Waals surface area (Å²) >= 11 is 6.81. The van der Waals surface area contributed by atoms with Gasteiger partial charge in [-0.05, 0) is 75.0 Å². The van der Waals surface area contributed by atoms with Crippen LogP contribution in [0, 0.1) is 13.8 Å². The predicted molar refractivity (Wildman–Crippen MR) is 90.1 cm³/mol. The molecular weight excluding hydrogens is 384 g/mol. The van der Waals surface area contributed by atoms with Crippen LogP contribution in [-0.4, -0.2) is 5.91 Å². The Morgan fingerprint density at radius 3 is 2.35 bits per heavy atom. The lowest BCUT2D eigenvalue weighted by Crippen LogP contribution is -2.14. The fourth-order valence-electron chi connectivity index (χ4n) is 1.89. The van der Waals surface area contributed by atoms with Gasteiger partial charge in [0.15, 0.2) is 0 Å². The largest absolute Gasteiger partial charge is 0.399 e. The van der Waals surface area contributed by atoms with E-state index in [9.17, 15) is 4.79 Å². The molecule has 0 aliphatic rings. The molecule has 104 valence electrons. The van der Waals surface area contributed by atoms with Crippen LogP contribution < -0.4 is 11.1 Å². The van der Waals surface area contributed by atoms with E-state index in [0.29, 0.717) is 16.9 Å².